The summed E-state index contributed by atoms with van der Waals surface area (Å²) in [7, 11) is 0. The fraction of sp³-hybridized carbons (Fsp3) is 0.962. The van der Waals surface area contributed by atoms with Crippen molar-refractivity contribution in [2.24, 2.45) is 11.8 Å². The minimum Gasteiger partial charge on any atom is -0.462 e. The largest absolute Gasteiger partial charge is 0.462 e. The van der Waals surface area contributed by atoms with Gasteiger partial charge in [-0.05, 0) is 70.6 Å². The van der Waals surface area contributed by atoms with Gasteiger partial charge in [0.15, 0.2) is 0 Å². The van der Waals surface area contributed by atoms with E-state index < -0.39 is 0 Å². The topological polar surface area (TPSA) is 98.5 Å². The fourth-order valence-electron chi connectivity index (χ4n) is 5.17. The number of rotatable bonds is 13. The van der Waals surface area contributed by atoms with E-state index in [-0.39, 0.29) is 28.9 Å². The van der Waals surface area contributed by atoms with Gasteiger partial charge < -0.3 is 20.4 Å². The molecule has 2 fully saturated rings. The second-order valence-corrected chi connectivity index (χ2v) is 9.85. The lowest BCUT2D eigenvalue weighted by Gasteiger charge is -2.32. The summed E-state index contributed by atoms with van der Waals surface area (Å²) >= 11 is 0. The monoisotopic (exact) mass is 444 g/mol. The smallest absolute Gasteiger partial charge is 0.309 e. The zero-order chi connectivity index (χ0) is 20.9. The van der Waals surface area contributed by atoms with Crippen LogP contribution in [0.2, 0.25) is 0 Å². The molecule has 0 aromatic heterocycles. The number of ether oxygens (including phenoxy) is 2. The molecule has 2 saturated carbocycles. The first-order chi connectivity index (χ1) is 14.1. The molecular formula is C26H52O5. The minimum absolute atomic E-state index is 0. The average Bonchev–Trinajstić information content (AvgIpc) is 2.73. The normalized spacial score (nSPS) is 26.9. The van der Waals surface area contributed by atoms with Crippen LogP contribution in [0.3, 0.4) is 0 Å². The molecule has 31 heavy (non-hydrogen) atoms. The number of carbonyl (C=O) groups excluding carboxylic acids is 1. The van der Waals surface area contributed by atoms with Gasteiger partial charge in [-0.2, -0.15) is 0 Å². The third-order valence-electron chi connectivity index (χ3n) is 7.19. The number of hydrogen-bond donors (Lipinski definition) is 0. The zero-order valence-corrected chi connectivity index (χ0v) is 20.6. The van der Waals surface area contributed by atoms with Crippen molar-refractivity contribution in [3.05, 3.63) is 0 Å². The number of hydrogen-bond acceptors (Lipinski definition) is 3. The van der Waals surface area contributed by atoms with Gasteiger partial charge in [-0.15, -0.1) is 0 Å². The van der Waals surface area contributed by atoms with E-state index in [1.165, 1.54) is 70.6 Å². The molecule has 5 nitrogen and oxygen atoms in total. The van der Waals surface area contributed by atoms with Gasteiger partial charge in [0.05, 0.1) is 18.1 Å². The third-order valence-corrected chi connectivity index (χ3v) is 7.19. The molecule has 2 aliphatic rings. The van der Waals surface area contributed by atoms with Crippen LogP contribution in [0.4, 0.5) is 0 Å². The quantitative estimate of drug-likeness (QED) is 0.259. The first-order valence-corrected chi connectivity index (χ1v) is 13.0. The van der Waals surface area contributed by atoms with Crippen molar-refractivity contribution in [1.29, 1.82) is 0 Å². The van der Waals surface area contributed by atoms with E-state index in [0.29, 0.717) is 12.2 Å². The first-order valence-electron chi connectivity index (χ1n) is 13.0. The van der Waals surface area contributed by atoms with Crippen LogP contribution in [0.1, 0.15) is 130 Å². The van der Waals surface area contributed by atoms with E-state index in [1.807, 2.05) is 0 Å². The maximum atomic E-state index is 12.6. The SMILES string of the molecule is CCCCCCC(C)OC1CCC(C(=O)OC2CCC(CCCCC)CC2)CC1.O.O. The van der Waals surface area contributed by atoms with Crippen molar-refractivity contribution in [3.63, 3.8) is 0 Å². The Labute approximate surface area is 191 Å². The molecule has 1 atom stereocenters. The molecule has 0 bridgehead atoms. The van der Waals surface area contributed by atoms with E-state index in [0.717, 1.165) is 44.4 Å². The highest BCUT2D eigenvalue weighted by molar-refractivity contribution is 5.72. The molecule has 0 spiro atoms. The van der Waals surface area contributed by atoms with Gasteiger partial charge >= 0.3 is 5.97 Å². The van der Waals surface area contributed by atoms with Crippen LogP contribution in [0.15, 0.2) is 0 Å². The minimum atomic E-state index is 0. The Balaban J connectivity index is 0.00000450. The Kier molecular flexibility index (Phi) is 17.5. The van der Waals surface area contributed by atoms with E-state index in [4.69, 9.17) is 9.47 Å². The summed E-state index contributed by atoms with van der Waals surface area (Å²) in [5.74, 6) is 1.05. The molecule has 2 rings (SSSR count). The lowest BCUT2D eigenvalue weighted by atomic mass is 9.83. The molecule has 0 saturated heterocycles. The average molecular weight is 445 g/mol. The van der Waals surface area contributed by atoms with Gasteiger partial charge in [-0.25, -0.2) is 0 Å². The van der Waals surface area contributed by atoms with Gasteiger partial charge in [0.2, 0.25) is 0 Å². The Hall–Kier alpha value is -0.650. The summed E-state index contributed by atoms with van der Waals surface area (Å²) in [6.07, 6.45) is 21.3. The highest BCUT2D eigenvalue weighted by atomic mass is 16.5. The van der Waals surface area contributed by atoms with E-state index in [2.05, 4.69) is 20.8 Å². The van der Waals surface area contributed by atoms with Crippen molar-refractivity contribution >= 4 is 5.97 Å². The zero-order valence-electron chi connectivity index (χ0n) is 20.6. The summed E-state index contributed by atoms with van der Waals surface area (Å²) in [5, 5.41) is 0. The highest BCUT2D eigenvalue weighted by Gasteiger charge is 2.31. The molecule has 186 valence electrons. The van der Waals surface area contributed by atoms with Crippen molar-refractivity contribution < 1.29 is 25.2 Å². The molecule has 0 amide bonds. The van der Waals surface area contributed by atoms with E-state index >= 15 is 0 Å². The molecule has 0 aromatic rings. The molecule has 0 aromatic carbocycles. The summed E-state index contributed by atoms with van der Waals surface area (Å²) in [4.78, 5) is 12.6. The molecule has 2 aliphatic carbocycles. The summed E-state index contributed by atoms with van der Waals surface area (Å²) in [6.45, 7) is 6.74. The van der Waals surface area contributed by atoms with Crippen LogP contribution in [-0.4, -0.2) is 35.2 Å². The van der Waals surface area contributed by atoms with Crippen LogP contribution in [0.25, 0.3) is 0 Å². The van der Waals surface area contributed by atoms with Crippen LogP contribution < -0.4 is 0 Å². The number of esters is 1. The Morgan fingerprint density at radius 1 is 0.774 bits per heavy atom. The Morgan fingerprint density at radius 2 is 1.35 bits per heavy atom. The third kappa shape index (κ3) is 12.2. The van der Waals surface area contributed by atoms with Gasteiger partial charge in [-0.3, -0.25) is 4.79 Å². The Morgan fingerprint density at radius 3 is 1.97 bits per heavy atom. The van der Waals surface area contributed by atoms with Gasteiger partial charge in [-0.1, -0.05) is 65.2 Å². The molecular weight excluding hydrogens is 392 g/mol. The van der Waals surface area contributed by atoms with Crippen molar-refractivity contribution in [2.75, 3.05) is 0 Å². The molecule has 0 heterocycles. The highest BCUT2D eigenvalue weighted by Crippen LogP contribution is 2.33. The van der Waals surface area contributed by atoms with Crippen molar-refractivity contribution in [1.82, 2.24) is 0 Å². The molecule has 0 aliphatic heterocycles. The summed E-state index contributed by atoms with van der Waals surface area (Å²) < 4.78 is 12.2. The summed E-state index contributed by atoms with van der Waals surface area (Å²) in [5.41, 5.74) is 0. The van der Waals surface area contributed by atoms with Crippen molar-refractivity contribution in [2.45, 2.75) is 148 Å². The molecule has 0 radical (unpaired) electrons. The predicted molar refractivity (Wildman–Crippen MR) is 128 cm³/mol. The van der Waals surface area contributed by atoms with Crippen LogP contribution in [0, 0.1) is 11.8 Å². The maximum Gasteiger partial charge on any atom is 0.309 e. The second-order valence-electron chi connectivity index (χ2n) is 9.85. The number of carbonyl (C=O) groups is 1. The van der Waals surface area contributed by atoms with Gasteiger partial charge in [0.1, 0.15) is 6.10 Å². The number of unbranched alkanes of at least 4 members (excludes halogenated alkanes) is 5. The van der Waals surface area contributed by atoms with Crippen LogP contribution >= 0.6 is 0 Å². The van der Waals surface area contributed by atoms with E-state index in [9.17, 15) is 4.79 Å². The van der Waals surface area contributed by atoms with Crippen molar-refractivity contribution in [3.8, 4) is 0 Å². The molecule has 5 heteroatoms. The molecule has 1 unspecified atom stereocenters. The Bertz CT molecular complexity index is 426. The first kappa shape index (κ1) is 30.4. The van der Waals surface area contributed by atoms with Gasteiger partial charge in [0.25, 0.3) is 0 Å². The molecule has 4 N–H and O–H groups in total. The second kappa shape index (κ2) is 17.9. The fourth-order valence-corrected chi connectivity index (χ4v) is 5.17. The standard InChI is InChI=1S/C26H48O3.2H2O/c1-4-6-8-10-11-21(3)28-24-19-15-23(16-20-24)26(27)29-25-17-13-22(14-18-25)12-9-7-5-2;;/h21-25H,4-20H2,1-3H3;2*1H2. The maximum absolute atomic E-state index is 12.6. The van der Waals surface area contributed by atoms with E-state index in [1.54, 1.807) is 0 Å². The van der Waals surface area contributed by atoms with Crippen LogP contribution in [-0.2, 0) is 14.3 Å². The lowest BCUT2D eigenvalue weighted by Crippen LogP contribution is -2.32. The van der Waals surface area contributed by atoms with Gasteiger partial charge in [0, 0.05) is 0 Å². The predicted octanol–water partition coefficient (Wildman–Crippen LogP) is 5.95. The lowest BCUT2D eigenvalue weighted by molar-refractivity contribution is -0.158. The summed E-state index contributed by atoms with van der Waals surface area (Å²) in [6, 6.07) is 0. The van der Waals surface area contributed by atoms with Crippen LogP contribution in [0.5, 0.6) is 0 Å².